The normalized spacial score (nSPS) is 15.2. The summed E-state index contributed by atoms with van der Waals surface area (Å²) in [6, 6.07) is 9.63. The Kier molecular flexibility index (Phi) is 6.72. The number of nitrogens with one attached hydrogen (secondary N) is 1. The van der Waals surface area contributed by atoms with E-state index < -0.39 is 0 Å². The Hall–Kier alpha value is -1.82. The third-order valence-corrected chi connectivity index (χ3v) is 4.94. The summed E-state index contributed by atoms with van der Waals surface area (Å²) in [6.45, 7) is 8.06. The number of carbonyl (C=O) groups excluding carboxylic acids is 1. The summed E-state index contributed by atoms with van der Waals surface area (Å²) in [5.74, 6) is -0.0194. The number of aryl methyl sites for hydroxylation is 1. The molecule has 1 aliphatic heterocycles. The molecule has 26 heavy (non-hydrogen) atoms. The predicted molar refractivity (Wildman–Crippen MR) is 105 cm³/mol. The van der Waals surface area contributed by atoms with Gasteiger partial charge in [0.1, 0.15) is 5.69 Å². The maximum atomic E-state index is 12.6. The highest BCUT2D eigenvalue weighted by Crippen LogP contribution is 2.24. The SMILES string of the molecule is CCn1cc(-c2ccc(Cl)cc2)cc1C(=O)NCCCN1CCOCC1. The molecule has 1 N–H and O–H groups in total. The number of hydrogen-bond donors (Lipinski definition) is 1. The third-order valence-electron chi connectivity index (χ3n) is 4.69. The van der Waals surface area contributed by atoms with E-state index in [9.17, 15) is 4.79 Å². The first kappa shape index (κ1) is 19.0. The minimum Gasteiger partial charge on any atom is -0.379 e. The zero-order valence-corrected chi connectivity index (χ0v) is 16.0. The smallest absolute Gasteiger partial charge is 0.267 e. The lowest BCUT2D eigenvalue weighted by Crippen LogP contribution is -2.38. The summed E-state index contributed by atoms with van der Waals surface area (Å²) in [5.41, 5.74) is 2.79. The van der Waals surface area contributed by atoms with Gasteiger partial charge in [0.2, 0.25) is 0 Å². The second kappa shape index (κ2) is 9.21. The molecule has 1 aromatic carbocycles. The second-order valence-corrected chi connectivity index (χ2v) is 6.91. The summed E-state index contributed by atoms with van der Waals surface area (Å²) in [5, 5.41) is 3.76. The average molecular weight is 376 g/mol. The lowest BCUT2D eigenvalue weighted by atomic mass is 10.1. The van der Waals surface area contributed by atoms with Crippen molar-refractivity contribution in [3.8, 4) is 11.1 Å². The van der Waals surface area contributed by atoms with Gasteiger partial charge < -0.3 is 14.6 Å². The quantitative estimate of drug-likeness (QED) is 0.755. The summed E-state index contributed by atoms with van der Waals surface area (Å²) in [7, 11) is 0. The van der Waals surface area contributed by atoms with Gasteiger partial charge in [-0.1, -0.05) is 23.7 Å². The van der Waals surface area contributed by atoms with E-state index in [1.165, 1.54) is 0 Å². The Morgan fingerprint density at radius 3 is 2.62 bits per heavy atom. The van der Waals surface area contributed by atoms with E-state index in [2.05, 4.69) is 10.2 Å². The van der Waals surface area contributed by atoms with Crippen LogP contribution in [0.25, 0.3) is 11.1 Å². The zero-order chi connectivity index (χ0) is 18.4. The lowest BCUT2D eigenvalue weighted by Gasteiger charge is -2.26. The fourth-order valence-corrected chi connectivity index (χ4v) is 3.31. The zero-order valence-electron chi connectivity index (χ0n) is 15.2. The molecule has 140 valence electrons. The van der Waals surface area contributed by atoms with Crippen LogP contribution < -0.4 is 5.32 Å². The molecule has 0 aliphatic carbocycles. The first-order valence-electron chi connectivity index (χ1n) is 9.22. The standard InChI is InChI=1S/C20H26ClN3O2/c1-2-24-15-17(16-4-6-18(21)7-5-16)14-19(24)20(25)22-8-3-9-23-10-12-26-13-11-23/h4-7,14-15H,2-3,8-13H2,1H3,(H,22,25). The fraction of sp³-hybridized carbons (Fsp3) is 0.450. The van der Waals surface area contributed by atoms with Gasteiger partial charge in [0, 0.05) is 43.0 Å². The highest BCUT2D eigenvalue weighted by atomic mass is 35.5. The van der Waals surface area contributed by atoms with Crippen molar-refractivity contribution in [2.45, 2.75) is 19.9 Å². The van der Waals surface area contributed by atoms with E-state index in [4.69, 9.17) is 16.3 Å². The molecule has 2 aromatic rings. The fourth-order valence-electron chi connectivity index (χ4n) is 3.18. The molecular weight excluding hydrogens is 350 g/mol. The predicted octanol–water partition coefficient (Wildman–Crippen LogP) is 3.28. The molecule has 0 bridgehead atoms. The number of halogens is 1. The Morgan fingerprint density at radius 2 is 1.92 bits per heavy atom. The van der Waals surface area contributed by atoms with Gasteiger partial charge in [0.05, 0.1) is 13.2 Å². The lowest BCUT2D eigenvalue weighted by molar-refractivity contribution is 0.0374. The minimum absolute atomic E-state index is 0.0194. The molecule has 1 aliphatic rings. The van der Waals surface area contributed by atoms with E-state index in [1.807, 2.05) is 48.0 Å². The van der Waals surface area contributed by atoms with Crippen molar-refractivity contribution in [2.24, 2.45) is 0 Å². The number of nitrogens with zero attached hydrogens (tertiary/aromatic N) is 2. The largest absolute Gasteiger partial charge is 0.379 e. The first-order chi connectivity index (χ1) is 12.7. The van der Waals surface area contributed by atoms with Crippen molar-refractivity contribution in [3.05, 3.63) is 47.2 Å². The van der Waals surface area contributed by atoms with E-state index >= 15 is 0 Å². The summed E-state index contributed by atoms with van der Waals surface area (Å²) in [6.07, 6.45) is 2.97. The number of morpholine rings is 1. The Morgan fingerprint density at radius 1 is 1.19 bits per heavy atom. The van der Waals surface area contributed by atoms with Crippen LogP contribution in [0, 0.1) is 0 Å². The molecule has 5 nitrogen and oxygen atoms in total. The van der Waals surface area contributed by atoms with Gasteiger partial charge in [-0.3, -0.25) is 9.69 Å². The van der Waals surface area contributed by atoms with Crippen molar-refractivity contribution in [2.75, 3.05) is 39.4 Å². The number of benzene rings is 1. The van der Waals surface area contributed by atoms with Crippen molar-refractivity contribution < 1.29 is 9.53 Å². The van der Waals surface area contributed by atoms with E-state index in [0.717, 1.165) is 56.9 Å². The number of aromatic nitrogens is 1. The van der Waals surface area contributed by atoms with Crippen molar-refractivity contribution in [1.29, 1.82) is 0 Å². The van der Waals surface area contributed by atoms with Crippen LogP contribution in [0.4, 0.5) is 0 Å². The summed E-state index contributed by atoms with van der Waals surface area (Å²) < 4.78 is 7.34. The van der Waals surface area contributed by atoms with Gasteiger partial charge in [-0.2, -0.15) is 0 Å². The van der Waals surface area contributed by atoms with Gasteiger partial charge in [-0.15, -0.1) is 0 Å². The van der Waals surface area contributed by atoms with Gasteiger partial charge in [0.15, 0.2) is 0 Å². The van der Waals surface area contributed by atoms with Crippen LogP contribution in [-0.2, 0) is 11.3 Å². The molecular formula is C20H26ClN3O2. The molecule has 0 radical (unpaired) electrons. The molecule has 1 amide bonds. The molecule has 6 heteroatoms. The molecule has 2 heterocycles. The van der Waals surface area contributed by atoms with E-state index in [1.54, 1.807) is 0 Å². The Bertz CT molecular complexity index is 721. The minimum atomic E-state index is -0.0194. The van der Waals surface area contributed by atoms with Crippen molar-refractivity contribution in [3.63, 3.8) is 0 Å². The van der Waals surface area contributed by atoms with Gasteiger partial charge >= 0.3 is 0 Å². The van der Waals surface area contributed by atoms with E-state index in [0.29, 0.717) is 17.3 Å². The van der Waals surface area contributed by atoms with Crippen LogP contribution in [0.5, 0.6) is 0 Å². The van der Waals surface area contributed by atoms with Gasteiger partial charge in [-0.05, 0) is 43.7 Å². The molecule has 0 atom stereocenters. The van der Waals surface area contributed by atoms with Gasteiger partial charge in [-0.25, -0.2) is 0 Å². The van der Waals surface area contributed by atoms with Crippen LogP contribution in [-0.4, -0.2) is 54.8 Å². The second-order valence-electron chi connectivity index (χ2n) is 6.47. The van der Waals surface area contributed by atoms with Crippen LogP contribution in [0.1, 0.15) is 23.8 Å². The summed E-state index contributed by atoms with van der Waals surface area (Å²) in [4.78, 5) is 15.0. The number of hydrogen-bond acceptors (Lipinski definition) is 3. The van der Waals surface area contributed by atoms with Crippen molar-refractivity contribution >= 4 is 17.5 Å². The maximum Gasteiger partial charge on any atom is 0.267 e. The summed E-state index contributed by atoms with van der Waals surface area (Å²) >= 11 is 5.96. The molecule has 0 saturated carbocycles. The molecule has 1 fully saturated rings. The average Bonchev–Trinajstić information content (AvgIpc) is 3.11. The van der Waals surface area contributed by atoms with E-state index in [-0.39, 0.29) is 5.91 Å². The van der Waals surface area contributed by atoms with Crippen LogP contribution >= 0.6 is 11.6 Å². The topological polar surface area (TPSA) is 46.5 Å². The molecule has 0 unspecified atom stereocenters. The molecule has 1 aromatic heterocycles. The van der Waals surface area contributed by atoms with Crippen LogP contribution in [0.15, 0.2) is 36.5 Å². The maximum absolute atomic E-state index is 12.6. The number of rotatable bonds is 7. The number of carbonyl (C=O) groups is 1. The van der Waals surface area contributed by atoms with Crippen LogP contribution in [0.2, 0.25) is 5.02 Å². The van der Waals surface area contributed by atoms with Gasteiger partial charge in [0.25, 0.3) is 5.91 Å². The van der Waals surface area contributed by atoms with Crippen LogP contribution in [0.3, 0.4) is 0 Å². The Balaban J connectivity index is 1.57. The number of ether oxygens (including phenoxy) is 1. The monoisotopic (exact) mass is 375 g/mol. The Labute approximate surface area is 159 Å². The molecule has 3 rings (SSSR count). The molecule has 1 saturated heterocycles. The highest BCUT2D eigenvalue weighted by Gasteiger charge is 2.14. The van der Waals surface area contributed by atoms with Crippen molar-refractivity contribution in [1.82, 2.24) is 14.8 Å². The third kappa shape index (κ3) is 4.87. The first-order valence-corrected chi connectivity index (χ1v) is 9.59. The highest BCUT2D eigenvalue weighted by molar-refractivity contribution is 6.30. The molecule has 0 spiro atoms. The number of amides is 1.